The standard InChI is InChI=1S/C17H13ClN2O3S/c1-23-13-9-11(18)6-7-12(13)16(21)19-20-17(22)15-8-10-4-2-3-5-14(10)24-15/h2-9H,1H3,(H,19,21)(H,20,22). The maximum Gasteiger partial charge on any atom is 0.279 e. The molecule has 0 radical (unpaired) electrons. The van der Waals surface area contributed by atoms with Crippen LogP contribution in [0.25, 0.3) is 10.1 Å². The number of halogens is 1. The van der Waals surface area contributed by atoms with Crippen LogP contribution in [0.3, 0.4) is 0 Å². The van der Waals surface area contributed by atoms with Crippen molar-refractivity contribution in [3.8, 4) is 5.75 Å². The Bertz CT molecular complexity index is 890. The molecule has 2 amide bonds. The Morgan fingerprint density at radius 2 is 1.79 bits per heavy atom. The Balaban J connectivity index is 1.71. The molecule has 0 aliphatic rings. The number of hydrazine groups is 1. The van der Waals surface area contributed by atoms with Crippen LogP contribution in [-0.4, -0.2) is 18.9 Å². The summed E-state index contributed by atoms with van der Waals surface area (Å²) in [6.45, 7) is 0. The molecule has 0 bridgehead atoms. The van der Waals surface area contributed by atoms with Gasteiger partial charge in [0, 0.05) is 9.72 Å². The zero-order valence-electron chi connectivity index (χ0n) is 12.6. The van der Waals surface area contributed by atoms with Gasteiger partial charge in [0.05, 0.1) is 17.6 Å². The first kappa shape index (κ1) is 16.3. The molecule has 0 aliphatic carbocycles. The highest BCUT2D eigenvalue weighted by atomic mass is 35.5. The summed E-state index contributed by atoms with van der Waals surface area (Å²) in [5.41, 5.74) is 5.06. The van der Waals surface area contributed by atoms with E-state index in [0.717, 1.165) is 10.1 Å². The molecular weight excluding hydrogens is 348 g/mol. The molecule has 3 rings (SSSR count). The topological polar surface area (TPSA) is 67.4 Å². The summed E-state index contributed by atoms with van der Waals surface area (Å²) in [4.78, 5) is 24.9. The molecule has 0 saturated carbocycles. The molecule has 0 fully saturated rings. The van der Waals surface area contributed by atoms with E-state index in [9.17, 15) is 9.59 Å². The Morgan fingerprint density at radius 3 is 2.54 bits per heavy atom. The lowest BCUT2D eigenvalue weighted by molar-refractivity contribution is 0.0847. The summed E-state index contributed by atoms with van der Waals surface area (Å²) in [6, 6.07) is 14.1. The number of carbonyl (C=O) groups is 2. The van der Waals surface area contributed by atoms with Crippen LogP contribution < -0.4 is 15.6 Å². The number of methoxy groups -OCH3 is 1. The molecule has 1 heterocycles. The molecule has 7 heteroatoms. The number of nitrogens with one attached hydrogen (secondary N) is 2. The second-order valence-electron chi connectivity index (χ2n) is 4.90. The highest BCUT2D eigenvalue weighted by Gasteiger charge is 2.15. The smallest absolute Gasteiger partial charge is 0.279 e. The van der Waals surface area contributed by atoms with Crippen LogP contribution in [0.15, 0.2) is 48.5 Å². The third kappa shape index (κ3) is 3.34. The third-order valence-electron chi connectivity index (χ3n) is 3.35. The quantitative estimate of drug-likeness (QED) is 0.701. The molecule has 5 nitrogen and oxygen atoms in total. The van der Waals surface area contributed by atoms with Crippen molar-refractivity contribution in [2.24, 2.45) is 0 Å². The lowest BCUT2D eigenvalue weighted by atomic mass is 10.2. The monoisotopic (exact) mass is 360 g/mol. The Labute approximate surface area is 147 Å². The minimum Gasteiger partial charge on any atom is -0.496 e. The van der Waals surface area contributed by atoms with E-state index >= 15 is 0 Å². The minimum absolute atomic E-state index is 0.276. The van der Waals surface area contributed by atoms with Gasteiger partial charge in [0.25, 0.3) is 11.8 Å². The molecule has 0 aliphatic heterocycles. The van der Waals surface area contributed by atoms with Crippen molar-refractivity contribution in [1.29, 1.82) is 0 Å². The molecule has 0 unspecified atom stereocenters. The number of thiophene rings is 1. The first-order chi connectivity index (χ1) is 11.6. The Kier molecular flexibility index (Phi) is 4.69. The van der Waals surface area contributed by atoms with E-state index in [-0.39, 0.29) is 11.5 Å². The summed E-state index contributed by atoms with van der Waals surface area (Å²) >= 11 is 7.22. The average Bonchev–Trinajstić information content (AvgIpc) is 3.03. The molecule has 0 atom stereocenters. The van der Waals surface area contributed by atoms with Crippen molar-refractivity contribution in [3.63, 3.8) is 0 Å². The largest absolute Gasteiger partial charge is 0.496 e. The highest BCUT2D eigenvalue weighted by Crippen LogP contribution is 2.25. The molecule has 122 valence electrons. The number of fused-ring (bicyclic) bond motifs is 1. The van der Waals surface area contributed by atoms with Crippen molar-refractivity contribution < 1.29 is 14.3 Å². The number of benzene rings is 2. The van der Waals surface area contributed by atoms with Gasteiger partial charge >= 0.3 is 0 Å². The predicted octanol–water partition coefficient (Wildman–Crippen LogP) is 3.64. The normalized spacial score (nSPS) is 10.4. The van der Waals surface area contributed by atoms with Crippen molar-refractivity contribution in [1.82, 2.24) is 10.9 Å². The first-order valence-corrected chi connectivity index (χ1v) is 8.21. The molecular formula is C17H13ClN2O3S. The lowest BCUT2D eigenvalue weighted by Gasteiger charge is -2.10. The van der Waals surface area contributed by atoms with Crippen molar-refractivity contribution >= 4 is 44.8 Å². The first-order valence-electron chi connectivity index (χ1n) is 7.01. The summed E-state index contributed by atoms with van der Waals surface area (Å²) in [6.07, 6.45) is 0. The van der Waals surface area contributed by atoms with Gasteiger partial charge in [-0.3, -0.25) is 20.4 Å². The van der Waals surface area contributed by atoms with Gasteiger partial charge in [0.1, 0.15) is 5.75 Å². The zero-order chi connectivity index (χ0) is 17.1. The number of carbonyl (C=O) groups excluding carboxylic acids is 2. The molecule has 1 aromatic heterocycles. The van der Waals surface area contributed by atoms with E-state index in [1.54, 1.807) is 12.1 Å². The van der Waals surface area contributed by atoms with Crippen LogP contribution in [0.2, 0.25) is 5.02 Å². The van der Waals surface area contributed by atoms with Crippen LogP contribution in [0.1, 0.15) is 20.0 Å². The molecule has 24 heavy (non-hydrogen) atoms. The van der Waals surface area contributed by atoms with Crippen LogP contribution >= 0.6 is 22.9 Å². The number of hydrogen-bond donors (Lipinski definition) is 2. The maximum atomic E-state index is 12.2. The second kappa shape index (κ2) is 6.90. The number of amides is 2. The molecule has 2 aromatic carbocycles. The van der Waals surface area contributed by atoms with E-state index < -0.39 is 5.91 Å². The Morgan fingerprint density at radius 1 is 1.04 bits per heavy atom. The van der Waals surface area contributed by atoms with Gasteiger partial charge in [-0.1, -0.05) is 29.8 Å². The summed E-state index contributed by atoms with van der Waals surface area (Å²) < 4.78 is 6.13. The van der Waals surface area contributed by atoms with Gasteiger partial charge < -0.3 is 4.74 Å². The third-order valence-corrected chi connectivity index (χ3v) is 4.70. The Hall–Kier alpha value is -2.57. The zero-order valence-corrected chi connectivity index (χ0v) is 14.2. The predicted molar refractivity (Wildman–Crippen MR) is 94.8 cm³/mol. The molecule has 0 saturated heterocycles. The summed E-state index contributed by atoms with van der Waals surface area (Å²) in [5, 5.41) is 1.44. The SMILES string of the molecule is COc1cc(Cl)ccc1C(=O)NNC(=O)c1cc2ccccc2s1. The highest BCUT2D eigenvalue weighted by molar-refractivity contribution is 7.20. The van der Waals surface area contributed by atoms with Gasteiger partial charge in [-0.05, 0) is 35.7 Å². The molecule has 3 aromatic rings. The van der Waals surface area contributed by atoms with Crippen molar-refractivity contribution in [3.05, 3.63) is 64.0 Å². The maximum absolute atomic E-state index is 12.2. The van der Waals surface area contributed by atoms with E-state index in [2.05, 4.69) is 10.9 Å². The minimum atomic E-state index is -0.488. The fraction of sp³-hybridized carbons (Fsp3) is 0.0588. The van der Waals surface area contributed by atoms with Gasteiger partial charge in [-0.2, -0.15) is 0 Å². The van der Waals surface area contributed by atoms with E-state index in [0.29, 0.717) is 15.6 Å². The molecule has 0 spiro atoms. The van der Waals surface area contributed by atoms with Gasteiger partial charge in [-0.25, -0.2) is 0 Å². The summed E-state index contributed by atoms with van der Waals surface area (Å²) in [7, 11) is 1.44. The number of rotatable bonds is 3. The lowest BCUT2D eigenvalue weighted by Crippen LogP contribution is -2.41. The van der Waals surface area contributed by atoms with Crippen LogP contribution in [-0.2, 0) is 0 Å². The van der Waals surface area contributed by atoms with E-state index in [4.69, 9.17) is 16.3 Å². The van der Waals surface area contributed by atoms with Crippen molar-refractivity contribution in [2.75, 3.05) is 7.11 Å². The fourth-order valence-electron chi connectivity index (χ4n) is 2.19. The van der Waals surface area contributed by atoms with Crippen molar-refractivity contribution in [2.45, 2.75) is 0 Å². The molecule has 2 N–H and O–H groups in total. The van der Waals surface area contributed by atoms with E-state index in [1.165, 1.54) is 30.6 Å². The van der Waals surface area contributed by atoms with Crippen LogP contribution in [0.4, 0.5) is 0 Å². The number of hydrogen-bond acceptors (Lipinski definition) is 4. The average molecular weight is 361 g/mol. The second-order valence-corrected chi connectivity index (χ2v) is 6.42. The van der Waals surface area contributed by atoms with Gasteiger partial charge in [-0.15, -0.1) is 11.3 Å². The number of ether oxygens (including phenoxy) is 1. The fourth-order valence-corrected chi connectivity index (χ4v) is 3.31. The van der Waals surface area contributed by atoms with Crippen LogP contribution in [0.5, 0.6) is 5.75 Å². The van der Waals surface area contributed by atoms with E-state index in [1.807, 2.05) is 24.3 Å². The summed E-state index contributed by atoms with van der Waals surface area (Å²) in [5.74, 6) is -0.536. The van der Waals surface area contributed by atoms with Gasteiger partial charge in [0.15, 0.2) is 0 Å². The van der Waals surface area contributed by atoms with Crippen LogP contribution in [0, 0.1) is 0 Å². The van der Waals surface area contributed by atoms with Gasteiger partial charge in [0.2, 0.25) is 0 Å².